The second-order valence-corrected chi connectivity index (χ2v) is 8.29. The molecule has 0 aliphatic carbocycles. The van der Waals surface area contributed by atoms with Gasteiger partial charge in [-0.2, -0.15) is 4.31 Å². The van der Waals surface area contributed by atoms with Gasteiger partial charge in [-0.25, -0.2) is 13.2 Å². The number of sulfonamides is 1. The van der Waals surface area contributed by atoms with Crippen molar-refractivity contribution in [2.45, 2.75) is 37.6 Å². The third-order valence-electron chi connectivity index (χ3n) is 4.74. The number of hydrogen-bond acceptors (Lipinski definition) is 6. The summed E-state index contributed by atoms with van der Waals surface area (Å²) in [6.45, 7) is 4.84. The lowest BCUT2D eigenvalue weighted by molar-refractivity contribution is 0.0491. The third-order valence-corrected chi connectivity index (χ3v) is 6.69. The van der Waals surface area contributed by atoms with Crippen LogP contribution in [0.5, 0.6) is 0 Å². The van der Waals surface area contributed by atoms with E-state index in [2.05, 4.69) is 5.32 Å². The van der Waals surface area contributed by atoms with Gasteiger partial charge in [0.1, 0.15) is 5.58 Å². The lowest BCUT2D eigenvalue weighted by atomic mass is 10.1. The third kappa shape index (κ3) is 3.24. The van der Waals surface area contributed by atoms with Gasteiger partial charge in [0.05, 0.1) is 11.5 Å². The summed E-state index contributed by atoms with van der Waals surface area (Å²) in [5.74, 6) is -0.426. The maximum absolute atomic E-state index is 13.1. The normalized spacial score (nSPS) is 18.5. The molecule has 0 saturated carbocycles. The first kappa shape index (κ1) is 18.9. The lowest BCUT2D eigenvalue weighted by Gasteiger charge is -2.23. The number of esters is 1. The Morgan fingerprint density at radius 2 is 2.19 bits per heavy atom. The quantitative estimate of drug-likeness (QED) is 0.774. The van der Waals surface area contributed by atoms with Gasteiger partial charge in [0.2, 0.25) is 15.8 Å². The standard InChI is InChI=1S/C18H24N2O5S/c1-4-24-18(21)17-12(2)15-10-14(7-8-16(15)25-17)26(22,23)20-9-5-6-13(20)11-19-3/h7-8,10,13,19H,4-6,9,11H2,1-3H3. The Morgan fingerprint density at radius 1 is 1.42 bits per heavy atom. The van der Waals surface area contributed by atoms with Gasteiger partial charge in [0.25, 0.3) is 0 Å². The number of nitrogens with one attached hydrogen (secondary N) is 1. The number of carbonyl (C=O) groups excluding carboxylic acids is 1. The summed E-state index contributed by atoms with van der Waals surface area (Å²) in [7, 11) is -1.78. The van der Waals surface area contributed by atoms with E-state index in [9.17, 15) is 13.2 Å². The molecule has 1 N–H and O–H groups in total. The zero-order chi connectivity index (χ0) is 18.9. The maximum Gasteiger partial charge on any atom is 0.374 e. The van der Waals surface area contributed by atoms with Crippen LogP contribution in [0.4, 0.5) is 0 Å². The van der Waals surface area contributed by atoms with Crippen molar-refractivity contribution in [1.29, 1.82) is 0 Å². The van der Waals surface area contributed by atoms with E-state index in [0.717, 1.165) is 12.8 Å². The number of carbonyl (C=O) groups is 1. The highest BCUT2D eigenvalue weighted by molar-refractivity contribution is 7.89. The molecule has 8 heteroatoms. The molecular weight excluding hydrogens is 356 g/mol. The monoisotopic (exact) mass is 380 g/mol. The molecule has 1 aromatic heterocycles. The number of benzene rings is 1. The van der Waals surface area contributed by atoms with Gasteiger partial charge in [-0.3, -0.25) is 0 Å². The maximum atomic E-state index is 13.1. The minimum absolute atomic E-state index is 0.0405. The van der Waals surface area contributed by atoms with Crippen LogP contribution in [0.1, 0.15) is 35.9 Å². The van der Waals surface area contributed by atoms with Crippen molar-refractivity contribution in [3.8, 4) is 0 Å². The van der Waals surface area contributed by atoms with Crippen molar-refractivity contribution in [2.24, 2.45) is 0 Å². The number of likely N-dealkylation sites (N-methyl/N-ethyl adjacent to an activating group) is 1. The van der Waals surface area contributed by atoms with Gasteiger partial charge >= 0.3 is 5.97 Å². The molecule has 1 aromatic carbocycles. The van der Waals surface area contributed by atoms with E-state index in [0.29, 0.717) is 29.6 Å². The molecule has 1 atom stereocenters. The fraction of sp³-hybridized carbons (Fsp3) is 0.500. The number of furan rings is 1. The molecule has 0 spiro atoms. The van der Waals surface area contributed by atoms with Crippen LogP contribution in [0.2, 0.25) is 0 Å². The molecule has 0 bridgehead atoms. The summed E-state index contributed by atoms with van der Waals surface area (Å²) in [4.78, 5) is 12.2. The van der Waals surface area contributed by atoms with Crippen molar-refractivity contribution in [2.75, 3.05) is 26.7 Å². The topological polar surface area (TPSA) is 88.8 Å². The van der Waals surface area contributed by atoms with Gasteiger partial charge < -0.3 is 14.5 Å². The summed E-state index contributed by atoms with van der Waals surface area (Å²) in [6.07, 6.45) is 1.70. The van der Waals surface area contributed by atoms with Crippen molar-refractivity contribution >= 4 is 27.0 Å². The van der Waals surface area contributed by atoms with Crippen molar-refractivity contribution in [3.05, 3.63) is 29.5 Å². The fourth-order valence-electron chi connectivity index (χ4n) is 3.45. The van der Waals surface area contributed by atoms with Crippen LogP contribution in [-0.2, 0) is 14.8 Å². The molecule has 1 fully saturated rings. The molecule has 3 rings (SSSR count). The van der Waals surface area contributed by atoms with Crippen LogP contribution in [0.3, 0.4) is 0 Å². The molecule has 2 heterocycles. The zero-order valence-electron chi connectivity index (χ0n) is 15.2. The molecule has 26 heavy (non-hydrogen) atoms. The highest BCUT2D eigenvalue weighted by atomic mass is 32.2. The number of rotatable bonds is 6. The Hall–Kier alpha value is -1.90. The predicted molar refractivity (Wildman–Crippen MR) is 97.7 cm³/mol. The van der Waals surface area contributed by atoms with E-state index < -0.39 is 16.0 Å². The van der Waals surface area contributed by atoms with E-state index in [1.54, 1.807) is 30.3 Å². The second-order valence-electron chi connectivity index (χ2n) is 6.40. The zero-order valence-corrected chi connectivity index (χ0v) is 16.1. The summed E-state index contributed by atoms with van der Waals surface area (Å²) in [5.41, 5.74) is 1.06. The van der Waals surface area contributed by atoms with Crippen molar-refractivity contribution < 1.29 is 22.4 Å². The van der Waals surface area contributed by atoms with Gasteiger partial charge in [-0.15, -0.1) is 0 Å². The molecule has 0 amide bonds. The Labute approximate surface area is 153 Å². The summed E-state index contributed by atoms with van der Waals surface area (Å²) < 4.78 is 38.3. The molecule has 142 valence electrons. The average molecular weight is 380 g/mol. The van der Waals surface area contributed by atoms with Crippen molar-refractivity contribution in [1.82, 2.24) is 9.62 Å². The molecular formula is C18H24N2O5S. The Balaban J connectivity index is 2.00. The number of ether oxygens (including phenoxy) is 1. The van der Waals surface area contributed by atoms with E-state index in [-0.39, 0.29) is 23.3 Å². The Bertz CT molecular complexity index is 919. The lowest BCUT2D eigenvalue weighted by Crippen LogP contribution is -2.40. The van der Waals surface area contributed by atoms with E-state index in [1.165, 1.54) is 6.07 Å². The first-order valence-corrected chi connectivity index (χ1v) is 10.2. The van der Waals surface area contributed by atoms with Gasteiger partial charge in [0, 0.05) is 30.1 Å². The van der Waals surface area contributed by atoms with Crippen molar-refractivity contribution in [3.63, 3.8) is 0 Å². The largest absolute Gasteiger partial charge is 0.460 e. The molecule has 7 nitrogen and oxygen atoms in total. The molecule has 1 aliphatic rings. The average Bonchev–Trinajstić information content (AvgIpc) is 3.20. The fourth-order valence-corrected chi connectivity index (χ4v) is 5.17. The van der Waals surface area contributed by atoms with Gasteiger partial charge in [-0.1, -0.05) is 0 Å². The van der Waals surface area contributed by atoms with E-state index >= 15 is 0 Å². The van der Waals surface area contributed by atoms with Crippen LogP contribution in [0.25, 0.3) is 11.0 Å². The summed E-state index contributed by atoms with van der Waals surface area (Å²) in [6, 6.07) is 4.67. The first-order chi connectivity index (χ1) is 12.4. The molecule has 2 aromatic rings. The first-order valence-electron chi connectivity index (χ1n) is 8.76. The molecule has 1 unspecified atom stereocenters. The molecule has 1 aliphatic heterocycles. The van der Waals surface area contributed by atoms with Crippen LogP contribution in [0.15, 0.2) is 27.5 Å². The highest BCUT2D eigenvalue weighted by Gasteiger charge is 2.35. The van der Waals surface area contributed by atoms with Gasteiger partial charge in [-0.05, 0) is 51.9 Å². The second kappa shape index (κ2) is 7.38. The predicted octanol–water partition coefficient (Wildman–Crippen LogP) is 2.29. The van der Waals surface area contributed by atoms with E-state index in [1.807, 2.05) is 7.05 Å². The minimum atomic E-state index is -3.60. The van der Waals surface area contributed by atoms with Crippen LogP contribution < -0.4 is 5.32 Å². The number of fused-ring (bicyclic) bond motifs is 1. The van der Waals surface area contributed by atoms with Crippen LogP contribution in [0, 0.1) is 6.92 Å². The number of aryl methyl sites for hydroxylation is 1. The number of nitrogens with zero attached hydrogens (tertiary/aromatic N) is 1. The Morgan fingerprint density at radius 3 is 2.88 bits per heavy atom. The van der Waals surface area contributed by atoms with Crippen LogP contribution in [-0.4, -0.2) is 51.5 Å². The van der Waals surface area contributed by atoms with Crippen LogP contribution >= 0.6 is 0 Å². The summed E-state index contributed by atoms with van der Waals surface area (Å²) in [5, 5.41) is 3.67. The van der Waals surface area contributed by atoms with E-state index in [4.69, 9.17) is 9.15 Å². The molecule has 1 saturated heterocycles. The summed E-state index contributed by atoms with van der Waals surface area (Å²) >= 11 is 0. The SMILES string of the molecule is CCOC(=O)c1oc2ccc(S(=O)(=O)N3CCCC3CNC)cc2c1C. The van der Waals surface area contributed by atoms with Gasteiger partial charge in [0.15, 0.2) is 0 Å². The highest BCUT2D eigenvalue weighted by Crippen LogP contribution is 2.31. The Kier molecular flexibility index (Phi) is 5.36. The smallest absolute Gasteiger partial charge is 0.374 e. The number of hydrogen-bond donors (Lipinski definition) is 1. The molecule has 0 radical (unpaired) electrons. The minimum Gasteiger partial charge on any atom is -0.460 e.